The predicted octanol–water partition coefficient (Wildman–Crippen LogP) is 2.52. The van der Waals surface area contributed by atoms with Gasteiger partial charge < -0.3 is 15.2 Å². The molecule has 1 aromatic rings. The average Bonchev–Trinajstić information content (AvgIpc) is 2.33. The standard InChI is InChI=1S/C15H23NO3/c1-10-6-7-11(2)13(8-10)19-12(3)9-15(4,16-5)14(17)18/h6-8,12,16H,9H2,1-5H3,(H,17,18). The fourth-order valence-electron chi connectivity index (χ4n) is 1.96. The molecule has 0 fully saturated rings. The van der Waals surface area contributed by atoms with E-state index in [4.69, 9.17) is 4.74 Å². The Morgan fingerprint density at radius 3 is 2.63 bits per heavy atom. The number of likely N-dealkylation sites (N-methyl/N-ethyl adjacent to an activating group) is 1. The van der Waals surface area contributed by atoms with E-state index in [1.807, 2.05) is 39.0 Å². The van der Waals surface area contributed by atoms with E-state index in [2.05, 4.69) is 5.32 Å². The lowest BCUT2D eigenvalue weighted by molar-refractivity contribution is -0.145. The van der Waals surface area contributed by atoms with Crippen LogP contribution in [0.15, 0.2) is 18.2 Å². The van der Waals surface area contributed by atoms with Gasteiger partial charge in [0.1, 0.15) is 11.3 Å². The Morgan fingerprint density at radius 1 is 1.47 bits per heavy atom. The van der Waals surface area contributed by atoms with Gasteiger partial charge in [0.15, 0.2) is 0 Å². The van der Waals surface area contributed by atoms with Gasteiger partial charge in [-0.1, -0.05) is 12.1 Å². The van der Waals surface area contributed by atoms with Crippen LogP contribution in [-0.4, -0.2) is 29.8 Å². The Labute approximate surface area is 114 Å². The van der Waals surface area contributed by atoms with E-state index >= 15 is 0 Å². The summed E-state index contributed by atoms with van der Waals surface area (Å²) in [5.74, 6) is -0.0530. The van der Waals surface area contributed by atoms with E-state index in [0.29, 0.717) is 6.42 Å². The SMILES string of the molecule is CNC(C)(CC(C)Oc1cc(C)ccc1C)C(=O)O. The largest absolute Gasteiger partial charge is 0.490 e. The monoisotopic (exact) mass is 265 g/mol. The molecule has 1 aromatic carbocycles. The highest BCUT2D eigenvalue weighted by molar-refractivity contribution is 5.78. The summed E-state index contributed by atoms with van der Waals surface area (Å²) in [7, 11) is 1.65. The molecule has 2 atom stereocenters. The number of aliphatic carboxylic acids is 1. The molecule has 0 amide bonds. The van der Waals surface area contributed by atoms with Crippen molar-refractivity contribution in [2.75, 3.05) is 7.05 Å². The van der Waals surface area contributed by atoms with E-state index in [1.54, 1.807) is 14.0 Å². The lowest BCUT2D eigenvalue weighted by Crippen LogP contribution is -2.50. The Kier molecular flexibility index (Phi) is 4.95. The van der Waals surface area contributed by atoms with Crippen LogP contribution in [-0.2, 0) is 4.79 Å². The zero-order valence-corrected chi connectivity index (χ0v) is 12.3. The third kappa shape index (κ3) is 3.96. The van der Waals surface area contributed by atoms with Crippen LogP contribution in [0.5, 0.6) is 5.75 Å². The molecule has 106 valence electrons. The van der Waals surface area contributed by atoms with Crippen LogP contribution in [0.25, 0.3) is 0 Å². The van der Waals surface area contributed by atoms with Crippen molar-refractivity contribution in [2.45, 2.75) is 45.8 Å². The number of ether oxygens (including phenoxy) is 1. The van der Waals surface area contributed by atoms with Crippen molar-refractivity contribution in [1.82, 2.24) is 5.32 Å². The van der Waals surface area contributed by atoms with Crippen LogP contribution >= 0.6 is 0 Å². The van der Waals surface area contributed by atoms with E-state index in [0.717, 1.165) is 16.9 Å². The van der Waals surface area contributed by atoms with Gasteiger partial charge in [0.05, 0.1) is 6.10 Å². The number of aryl methyl sites for hydroxylation is 2. The van der Waals surface area contributed by atoms with E-state index in [-0.39, 0.29) is 6.10 Å². The minimum atomic E-state index is -0.975. The topological polar surface area (TPSA) is 58.6 Å². The molecule has 0 aromatic heterocycles. The molecule has 0 aliphatic carbocycles. The van der Waals surface area contributed by atoms with Gasteiger partial charge in [-0.3, -0.25) is 4.79 Å². The first-order valence-electron chi connectivity index (χ1n) is 6.44. The number of carbonyl (C=O) groups is 1. The molecular weight excluding hydrogens is 242 g/mol. The average molecular weight is 265 g/mol. The highest BCUT2D eigenvalue weighted by Crippen LogP contribution is 2.23. The Morgan fingerprint density at radius 2 is 2.11 bits per heavy atom. The summed E-state index contributed by atoms with van der Waals surface area (Å²) in [6, 6.07) is 6.01. The molecule has 0 aliphatic rings. The molecule has 0 saturated carbocycles. The minimum Gasteiger partial charge on any atom is -0.490 e. The normalized spacial score (nSPS) is 15.6. The van der Waals surface area contributed by atoms with Gasteiger partial charge in [-0.2, -0.15) is 0 Å². The second kappa shape index (κ2) is 6.06. The minimum absolute atomic E-state index is 0.186. The first kappa shape index (κ1) is 15.5. The summed E-state index contributed by atoms with van der Waals surface area (Å²) in [6.45, 7) is 7.54. The molecule has 0 spiro atoms. The molecule has 0 heterocycles. The van der Waals surface area contributed by atoms with E-state index in [9.17, 15) is 9.90 Å². The Balaban J connectivity index is 2.77. The fraction of sp³-hybridized carbons (Fsp3) is 0.533. The summed E-state index contributed by atoms with van der Waals surface area (Å²) in [4.78, 5) is 11.2. The molecule has 2 unspecified atom stereocenters. The molecule has 2 N–H and O–H groups in total. The van der Waals surface area contributed by atoms with Crippen molar-refractivity contribution in [3.63, 3.8) is 0 Å². The van der Waals surface area contributed by atoms with Gasteiger partial charge in [0.2, 0.25) is 0 Å². The number of nitrogens with one attached hydrogen (secondary N) is 1. The van der Waals surface area contributed by atoms with E-state index in [1.165, 1.54) is 0 Å². The lowest BCUT2D eigenvalue weighted by Gasteiger charge is -2.28. The van der Waals surface area contributed by atoms with Gasteiger partial charge in [-0.15, -0.1) is 0 Å². The number of carboxylic acid groups (broad SMARTS) is 1. The van der Waals surface area contributed by atoms with Gasteiger partial charge >= 0.3 is 5.97 Å². The maximum Gasteiger partial charge on any atom is 0.323 e. The van der Waals surface area contributed by atoms with Crippen LogP contribution in [0.1, 0.15) is 31.4 Å². The Hall–Kier alpha value is -1.55. The number of rotatable bonds is 6. The smallest absolute Gasteiger partial charge is 0.323 e. The summed E-state index contributed by atoms with van der Waals surface area (Å²) in [6.07, 6.45) is 0.209. The quantitative estimate of drug-likeness (QED) is 0.830. The first-order valence-corrected chi connectivity index (χ1v) is 6.44. The van der Waals surface area contributed by atoms with Crippen LogP contribution in [0.2, 0.25) is 0 Å². The van der Waals surface area contributed by atoms with Crippen molar-refractivity contribution in [3.05, 3.63) is 29.3 Å². The molecule has 19 heavy (non-hydrogen) atoms. The second-order valence-corrected chi connectivity index (χ2v) is 5.29. The van der Waals surface area contributed by atoms with Gasteiger partial charge in [-0.25, -0.2) is 0 Å². The van der Waals surface area contributed by atoms with Crippen LogP contribution < -0.4 is 10.1 Å². The molecule has 0 radical (unpaired) electrons. The van der Waals surface area contributed by atoms with Gasteiger partial charge in [0.25, 0.3) is 0 Å². The second-order valence-electron chi connectivity index (χ2n) is 5.29. The Bertz CT molecular complexity index is 459. The molecular formula is C15H23NO3. The predicted molar refractivity (Wildman–Crippen MR) is 75.7 cm³/mol. The van der Waals surface area contributed by atoms with E-state index < -0.39 is 11.5 Å². The van der Waals surface area contributed by atoms with Crippen molar-refractivity contribution < 1.29 is 14.6 Å². The summed E-state index contributed by atoms with van der Waals surface area (Å²) in [5.41, 5.74) is 1.21. The number of hydrogen-bond donors (Lipinski definition) is 2. The number of carboxylic acids is 1. The summed E-state index contributed by atoms with van der Waals surface area (Å²) >= 11 is 0. The maximum absolute atomic E-state index is 11.2. The number of benzene rings is 1. The molecule has 1 rings (SSSR count). The zero-order valence-electron chi connectivity index (χ0n) is 12.3. The molecule has 0 aliphatic heterocycles. The zero-order chi connectivity index (χ0) is 14.6. The highest BCUT2D eigenvalue weighted by Gasteiger charge is 2.33. The fourth-order valence-corrected chi connectivity index (χ4v) is 1.96. The summed E-state index contributed by atoms with van der Waals surface area (Å²) in [5, 5.41) is 12.1. The van der Waals surface area contributed by atoms with Crippen LogP contribution in [0.4, 0.5) is 0 Å². The molecule has 4 heteroatoms. The van der Waals surface area contributed by atoms with Gasteiger partial charge in [-0.05, 0) is 51.9 Å². The third-order valence-electron chi connectivity index (χ3n) is 3.39. The lowest BCUT2D eigenvalue weighted by atomic mass is 9.95. The highest BCUT2D eigenvalue weighted by atomic mass is 16.5. The molecule has 4 nitrogen and oxygen atoms in total. The molecule has 0 bridgehead atoms. The third-order valence-corrected chi connectivity index (χ3v) is 3.39. The van der Waals surface area contributed by atoms with Crippen molar-refractivity contribution >= 4 is 5.97 Å². The first-order chi connectivity index (χ1) is 8.78. The maximum atomic E-state index is 11.2. The van der Waals surface area contributed by atoms with Crippen LogP contribution in [0.3, 0.4) is 0 Å². The van der Waals surface area contributed by atoms with Crippen LogP contribution in [0, 0.1) is 13.8 Å². The van der Waals surface area contributed by atoms with Crippen molar-refractivity contribution in [1.29, 1.82) is 0 Å². The van der Waals surface area contributed by atoms with Crippen molar-refractivity contribution in [2.24, 2.45) is 0 Å². The molecule has 0 saturated heterocycles. The number of hydrogen-bond acceptors (Lipinski definition) is 3. The van der Waals surface area contributed by atoms with Crippen molar-refractivity contribution in [3.8, 4) is 5.75 Å². The summed E-state index contributed by atoms with van der Waals surface area (Å²) < 4.78 is 5.87. The van der Waals surface area contributed by atoms with Gasteiger partial charge in [0, 0.05) is 6.42 Å².